The van der Waals surface area contributed by atoms with Gasteiger partial charge in [0.15, 0.2) is 0 Å². The molecule has 1 unspecified atom stereocenters. The van der Waals surface area contributed by atoms with Crippen LogP contribution in [-0.4, -0.2) is 47.5 Å². The molecule has 1 atom stereocenters. The van der Waals surface area contributed by atoms with E-state index >= 15 is 0 Å². The quantitative estimate of drug-likeness (QED) is 0.794. The topological polar surface area (TPSA) is 70.2 Å². The Bertz CT molecular complexity index is 394. The lowest BCUT2D eigenvalue weighted by Gasteiger charge is -2.18. The molecule has 0 aliphatic heterocycles. The SMILES string of the molecule is CCCNc1cc(NC(C)C(=O)N(C)C)ncn1. The summed E-state index contributed by atoms with van der Waals surface area (Å²) in [5.41, 5.74) is 0. The predicted molar refractivity (Wildman–Crippen MR) is 72.6 cm³/mol. The largest absolute Gasteiger partial charge is 0.370 e. The molecule has 1 aromatic rings. The monoisotopic (exact) mass is 251 g/mol. The second-order valence-corrected chi connectivity index (χ2v) is 4.31. The number of nitrogens with one attached hydrogen (secondary N) is 2. The summed E-state index contributed by atoms with van der Waals surface area (Å²) >= 11 is 0. The van der Waals surface area contributed by atoms with Crippen molar-refractivity contribution in [2.45, 2.75) is 26.3 Å². The van der Waals surface area contributed by atoms with E-state index in [0.717, 1.165) is 18.8 Å². The van der Waals surface area contributed by atoms with Gasteiger partial charge in [0.2, 0.25) is 5.91 Å². The zero-order valence-electron chi connectivity index (χ0n) is 11.4. The van der Waals surface area contributed by atoms with E-state index in [-0.39, 0.29) is 11.9 Å². The van der Waals surface area contributed by atoms with Gasteiger partial charge in [0.25, 0.3) is 0 Å². The van der Waals surface area contributed by atoms with Crippen LogP contribution >= 0.6 is 0 Å². The second kappa shape index (κ2) is 6.78. The first kappa shape index (κ1) is 14.2. The summed E-state index contributed by atoms with van der Waals surface area (Å²) in [6.45, 7) is 4.76. The Labute approximate surface area is 108 Å². The molecule has 6 nitrogen and oxygen atoms in total. The van der Waals surface area contributed by atoms with Gasteiger partial charge >= 0.3 is 0 Å². The summed E-state index contributed by atoms with van der Waals surface area (Å²) < 4.78 is 0. The predicted octanol–water partition coefficient (Wildman–Crippen LogP) is 1.19. The van der Waals surface area contributed by atoms with E-state index in [1.54, 1.807) is 25.1 Å². The van der Waals surface area contributed by atoms with E-state index in [9.17, 15) is 4.79 Å². The third-order valence-electron chi connectivity index (χ3n) is 2.40. The minimum Gasteiger partial charge on any atom is -0.370 e. The second-order valence-electron chi connectivity index (χ2n) is 4.31. The Morgan fingerprint density at radius 2 is 2.06 bits per heavy atom. The normalized spacial score (nSPS) is 11.8. The van der Waals surface area contributed by atoms with E-state index < -0.39 is 0 Å². The zero-order chi connectivity index (χ0) is 13.5. The summed E-state index contributed by atoms with van der Waals surface area (Å²) in [6.07, 6.45) is 2.51. The molecular formula is C12H21N5O. The fraction of sp³-hybridized carbons (Fsp3) is 0.583. The lowest BCUT2D eigenvalue weighted by Crippen LogP contribution is -2.36. The minimum absolute atomic E-state index is 0.0108. The average molecular weight is 251 g/mol. The van der Waals surface area contributed by atoms with Crippen molar-refractivity contribution >= 4 is 17.5 Å². The number of carbonyl (C=O) groups excluding carboxylic acids is 1. The van der Waals surface area contributed by atoms with Gasteiger partial charge in [-0.15, -0.1) is 0 Å². The van der Waals surface area contributed by atoms with Gasteiger partial charge in [-0.3, -0.25) is 4.79 Å². The molecule has 0 fully saturated rings. The molecule has 18 heavy (non-hydrogen) atoms. The van der Waals surface area contributed by atoms with E-state index in [4.69, 9.17) is 0 Å². The zero-order valence-corrected chi connectivity index (χ0v) is 11.4. The highest BCUT2D eigenvalue weighted by molar-refractivity contribution is 5.83. The molecule has 1 amide bonds. The molecule has 0 aromatic carbocycles. The van der Waals surface area contributed by atoms with E-state index in [0.29, 0.717) is 5.82 Å². The van der Waals surface area contributed by atoms with E-state index in [2.05, 4.69) is 27.5 Å². The molecular weight excluding hydrogens is 230 g/mol. The van der Waals surface area contributed by atoms with E-state index in [1.165, 1.54) is 6.33 Å². The number of aromatic nitrogens is 2. The Morgan fingerprint density at radius 3 is 2.67 bits per heavy atom. The summed E-state index contributed by atoms with van der Waals surface area (Å²) in [5, 5.41) is 6.23. The molecule has 0 aliphatic carbocycles. The van der Waals surface area contributed by atoms with Crippen LogP contribution in [0.15, 0.2) is 12.4 Å². The number of rotatable bonds is 6. The molecule has 0 saturated carbocycles. The average Bonchev–Trinajstić information content (AvgIpc) is 2.35. The van der Waals surface area contributed by atoms with Crippen LogP contribution in [0, 0.1) is 0 Å². The lowest BCUT2D eigenvalue weighted by molar-refractivity contribution is -0.129. The molecule has 0 aliphatic rings. The van der Waals surface area contributed by atoms with Gasteiger partial charge in [-0.25, -0.2) is 9.97 Å². The number of carbonyl (C=O) groups is 1. The number of anilines is 2. The molecule has 1 aromatic heterocycles. The molecule has 6 heteroatoms. The van der Waals surface area contributed by atoms with E-state index in [1.807, 2.05) is 6.92 Å². The van der Waals surface area contributed by atoms with Crippen molar-refractivity contribution in [2.24, 2.45) is 0 Å². The van der Waals surface area contributed by atoms with Crippen LogP contribution in [0.25, 0.3) is 0 Å². The maximum absolute atomic E-state index is 11.7. The highest BCUT2D eigenvalue weighted by atomic mass is 16.2. The highest BCUT2D eigenvalue weighted by Gasteiger charge is 2.14. The number of nitrogens with zero attached hydrogens (tertiary/aromatic N) is 3. The Hall–Kier alpha value is -1.85. The molecule has 2 N–H and O–H groups in total. The summed E-state index contributed by atoms with van der Waals surface area (Å²) in [7, 11) is 3.46. The van der Waals surface area contributed by atoms with Gasteiger partial charge in [0, 0.05) is 26.7 Å². The summed E-state index contributed by atoms with van der Waals surface area (Å²) in [5.74, 6) is 1.42. The summed E-state index contributed by atoms with van der Waals surface area (Å²) in [6, 6.07) is 1.49. The van der Waals surface area contributed by atoms with Crippen LogP contribution in [0.5, 0.6) is 0 Å². The Balaban J connectivity index is 2.64. The van der Waals surface area contributed by atoms with Crippen LogP contribution in [0.2, 0.25) is 0 Å². The van der Waals surface area contributed by atoms with Gasteiger partial charge in [0.1, 0.15) is 24.0 Å². The fourth-order valence-corrected chi connectivity index (χ4v) is 1.46. The molecule has 1 heterocycles. The summed E-state index contributed by atoms with van der Waals surface area (Å²) in [4.78, 5) is 21.5. The first-order valence-electron chi connectivity index (χ1n) is 6.08. The minimum atomic E-state index is -0.311. The third-order valence-corrected chi connectivity index (χ3v) is 2.40. The van der Waals surface area contributed by atoms with Crippen LogP contribution in [0.1, 0.15) is 20.3 Å². The number of amides is 1. The van der Waals surface area contributed by atoms with Crippen molar-refractivity contribution in [2.75, 3.05) is 31.3 Å². The molecule has 1 rings (SSSR count). The number of hydrogen-bond acceptors (Lipinski definition) is 5. The van der Waals surface area contributed by atoms with Gasteiger partial charge < -0.3 is 15.5 Å². The van der Waals surface area contributed by atoms with Gasteiger partial charge in [0.05, 0.1) is 0 Å². The molecule has 100 valence electrons. The van der Waals surface area contributed by atoms with Gasteiger partial charge in [-0.2, -0.15) is 0 Å². The third kappa shape index (κ3) is 4.20. The van der Waals surface area contributed by atoms with Crippen molar-refractivity contribution in [1.82, 2.24) is 14.9 Å². The molecule has 0 bridgehead atoms. The molecule has 0 radical (unpaired) electrons. The van der Waals surface area contributed by atoms with Crippen molar-refractivity contribution in [3.05, 3.63) is 12.4 Å². The standard InChI is InChI=1S/C12H21N5O/c1-5-6-13-10-7-11(15-8-14-10)16-9(2)12(18)17(3)4/h7-9H,5-6H2,1-4H3,(H2,13,14,15,16). The van der Waals surface area contributed by atoms with Crippen molar-refractivity contribution in [1.29, 1.82) is 0 Å². The van der Waals surface area contributed by atoms with Crippen molar-refractivity contribution < 1.29 is 4.79 Å². The molecule has 0 spiro atoms. The van der Waals surface area contributed by atoms with Crippen molar-refractivity contribution in [3.63, 3.8) is 0 Å². The van der Waals surface area contributed by atoms with Crippen LogP contribution in [0.4, 0.5) is 11.6 Å². The maximum atomic E-state index is 11.7. The van der Waals surface area contributed by atoms with Crippen LogP contribution in [-0.2, 0) is 4.79 Å². The molecule has 0 saturated heterocycles. The van der Waals surface area contributed by atoms with Gasteiger partial charge in [-0.05, 0) is 13.3 Å². The first-order chi connectivity index (χ1) is 8.54. The van der Waals surface area contributed by atoms with Crippen LogP contribution < -0.4 is 10.6 Å². The first-order valence-corrected chi connectivity index (χ1v) is 6.08. The lowest BCUT2D eigenvalue weighted by atomic mass is 10.3. The Kier molecular flexibility index (Phi) is 5.35. The highest BCUT2D eigenvalue weighted by Crippen LogP contribution is 2.10. The number of likely N-dealkylation sites (N-methyl/N-ethyl adjacent to an activating group) is 1. The smallest absolute Gasteiger partial charge is 0.244 e. The fourth-order valence-electron chi connectivity index (χ4n) is 1.46. The van der Waals surface area contributed by atoms with Crippen molar-refractivity contribution in [3.8, 4) is 0 Å². The van der Waals surface area contributed by atoms with Crippen LogP contribution in [0.3, 0.4) is 0 Å². The van der Waals surface area contributed by atoms with Gasteiger partial charge in [-0.1, -0.05) is 6.92 Å². The number of hydrogen-bond donors (Lipinski definition) is 2. The Morgan fingerprint density at radius 1 is 1.39 bits per heavy atom. The maximum Gasteiger partial charge on any atom is 0.244 e.